The Morgan fingerprint density at radius 3 is 2.68 bits per heavy atom. The number of nitrogens with one attached hydrogen (secondary N) is 1. The number of carboxylic acids is 1. The van der Waals surface area contributed by atoms with Crippen LogP contribution >= 0.6 is 27.5 Å². The van der Waals surface area contributed by atoms with Crippen molar-refractivity contribution in [3.05, 3.63) is 26.7 Å². The number of benzene rings is 1. The van der Waals surface area contributed by atoms with Gasteiger partial charge < -0.3 is 15.2 Å². The van der Waals surface area contributed by atoms with Gasteiger partial charge in [0.15, 0.2) is 6.61 Å². The second kappa shape index (κ2) is 6.77. The number of hydrogen-bond donors (Lipinski definition) is 2. The topological polar surface area (TPSA) is 75.6 Å². The molecule has 0 aliphatic carbocycles. The lowest BCUT2D eigenvalue weighted by Crippen LogP contribution is -2.33. The second-order valence-corrected chi connectivity index (χ2v) is 5.07. The maximum absolute atomic E-state index is 11.3. The van der Waals surface area contributed by atoms with E-state index in [1.54, 1.807) is 6.07 Å². The number of aliphatic carboxylic acids is 1. The van der Waals surface area contributed by atoms with Gasteiger partial charge in [0.25, 0.3) is 5.91 Å². The fourth-order valence-electron chi connectivity index (χ4n) is 1.37. The summed E-state index contributed by atoms with van der Waals surface area (Å²) < 4.78 is 6.01. The lowest BCUT2D eigenvalue weighted by atomic mass is 10.1. The van der Waals surface area contributed by atoms with Crippen molar-refractivity contribution in [3.8, 4) is 5.75 Å². The van der Waals surface area contributed by atoms with Gasteiger partial charge in [-0.15, -0.1) is 0 Å². The van der Waals surface area contributed by atoms with E-state index in [-0.39, 0.29) is 6.61 Å². The van der Waals surface area contributed by atoms with Gasteiger partial charge in [-0.05, 0) is 47.0 Å². The SMILES string of the molecule is Cc1cc(OCC(=O)NCC(=O)O)c(Br)c(C)c1Cl. The zero-order valence-corrected chi connectivity index (χ0v) is 12.8. The standard InChI is InChI=1S/C12H13BrClNO4/c1-6-3-8(11(13)7(2)12(6)14)19-5-9(16)15-4-10(17)18/h3H,4-5H2,1-2H3,(H,15,16)(H,17,18). The minimum atomic E-state index is -1.10. The van der Waals surface area contributed by atoms with Gasteiger partial charge in [0.05, 0.1) is 4.47 Å². The van der Waals surface area contributed by atoms with Gasteiger partial charge in [0.1, 0.15) is 12.3 Å². The quantitative estimate of drug-likeness (QED) is 0.854. The van der Waals surface area contributed by atoms with Crippen LogP contribution in [0.5, 0.6) is 5.75 Å². The molecule has 1 amide bonds. The van der Waals surface area contributed by atoms with E-state index < -0.39 is 18.4 Å². The number of amides is 1. The fourth-order valence-corrected chi connectivity index (χ4v) is 2.06. The molecule has 2 N–H and O–H groups in total. The van der Waals surface area contributed by atoms with Crippen LogP contribution < -0.4 is 10.1 Å². The molecule has 104 valence electrons. The second-order valence-electron chi connectivity index (χ2n) is 3.90. The Morgan fingerprint density at radius 2 is 2.11 bits per heavy atom. The van der Waals surface area contributed by atoms with Gasteiger partial charge in [-0.2, -0.15) is 0 Å². The molecule has 0 atom stereocenters. The molecule has 0 aliphatic heterocycles. The molecule has 0 bridgehead atoms. The Kier molecular flexibility index (Phi) is 5.62. The third kappa shape index (κ3) is 4.40. The highest BCUT2D eigenvalue weighted by Crippen LogP contribution is 2.35. The predicted octanol–water partition coefficient (Wildman–Crippen LogP) is 2.30. The van der Waals surface area contributed by atoms with Crippen LogP contribution in [-0.2, 0) is 9.59 Å². The van der Waals surface area contributed by atoms with Crippen LogP contribution in [0.3, 0.4) is 0 Å². The Morgan fingerprint density at radius 1 is 1.47 bits per heavy atom. The van der Waals surface area contributed by atoms with Gasteiger partial charge >= 0.3 is 5.97 Å². The highest BCUT2D eigenvalue weighted by Gasteiger charge is 2.12. The third-order valence-electron chi connectivity index (χ3n) is 2.36. The van der Waals surface area contributed by atoms with Crippen LogP contribution in [0, 0.1) is 13.8 Å². The average Bonchev–Trinajstić information content (AvgIpc) is 2.36. The van der Waals surface area contributed by atoms with E-state index in [1.807, 2.05) is 13.8 Å². The number of carboxylic acid groups (broad SMARTS) is 1. The lowest BCUT2D eigenvalue weighted by Gasteiger charge is -2.12. The minimum absolute atomic E-state index is 0.258. The summed E-state index contributed by atoms with van der Waals surface area (Å²) in [5, 5.41) is 11.3. The third-order valence-corrected chi connectivity index (χ3v) is 3.93. The summed E-state index contributed by atoms with van der Waals surface area (Å²) >= 11 is 9.41. The van der Waals surface area contributed by atoms with Crippen LogP contribution in [0.25, 0.3) is 0 Å². The summed E-state index contributed by atoms with van der Waals surface area (Å²) in [4.78, 5) is 21.6. The van der Waals surface area contributed by atoms with E-state index in [0.717, 1.165) is 11.1 Å². The number of hydrogen-bond acceptors (Lipinski definition) is 3. The molecule has 1 rings (SSSR count). The number of carbonyl (C=O) groups is 2. The number of carbonyl (C=O) groups excluding carboxylic acids is 1. The molecule has 7 heteroatoms. The van der Waals surface area contributed by atoms with Crippen molar-refractivity contribution in [2.45, 2.75) is 13.8 Å². The molecule has 0 saturated heterocycles. The van der Waals surface area contributed by atoms with Gasteiger partial charge in [-0.25, -0.2) is 0 Å². The Bertz CT molecular complexity index is 519. The molecule has 1 aromatic rings. The monoisotopic (exact) mass is 349 g/mol. The highest BCUT2D eigenvalue weighted by molar-refractivity contribution is 9.10. The molecule has 0 aliphatic rings. The molecule has 19 heavy (non-hydrogen) atoms. The van der Waals surface area contributed by atoms with E-state index >= 15 is 0 Å². The van der Waals surface area contributed by atoms with Crippen LogP contribution in [0.1, 0.15) is 11.1 Å². The zero-order valence-electron chi connectivity index (χ0n) is 10.4. The van der Waals surface area contributed by atoms with Gasteiger partial charge in [0, 0.05) is 5.02 Å². The Hall–Kier alpha value is -1.27. The van der Waals surface area contributed by atoms with Crippen molar-refractivity contribution < 1.29 is 19.4 Å². The van der Waals surface area contributed by atoms with E-state index in [4.69, 9.17) is 21.4 Å². The Balaban J connectivity index is 2.68. The van der Waals surface area contributed by atoms with Crippen molar-refractivity contribution in [1.29, 1.82) is 0 Å². The first-order valence-electron chi connectivity index (χ1n) is 5.39. The van der Waals surface area contributed by atoms with Crippen LogP contribution in [0.4, 0.5) is 0 Å². The van der Waals surface area contributed by atoms with Crippen molar-refractivity contribution >= 4 is 39.4 Å². The number of rotatable bonds is 5. The summed E-state index contributed by atoms with van der Waals surface area (Å²) in [7, 11) is 0. The summed E-state index contributed by atoms with van der Waals surface area (Å²) in [6.07, 6.45) is 0. The fraction of sp³-hybridized carbons (Fsp3) is 0.333. The highest BCUT2D eigenvalue weighted by atomic mass is 79.9. The van der Waals surface area contributed by atoms with Gasteiger partial charge in [-0.3, -0.25) is 9.59 Å². The van der Waals surface area contributed by atoms with Gasteiger partial charge in [-0.1, -0.05) is 11.6 Å². The summed E-state index contributed by atoms with van der Waals surface area (Å²) in [6, 6.07) is 1.71. The molecule has 0 saturated carbocycles. The van der Waals surface area contributed by atoms with E-state index in [0.29, 0.717) is 15.2 Å². The molecule has 0 spiro atoms. The maximum atomic E-state index is 11.3. The summed E-state index contributed by atoms with van der Waals surface area (Å²) in [5.41, 5.74) is 1.66. The van der Waals surface area contributed by atoms with E-state index in [2.05, 4.69) is 21.2 Å². The average molecular weight is 351 g/mol. The first-order valence-corrected chi connectivity index (χ1v) is 6.56. The van der Waals surface area contributed by atoms with Crippen molar-refractivity contribution in [1.82, 2.24) is 5.32 Å². The first-order chi connectivity index (χ1) is 8.82. The Labute approximate surface area is 124 Å². The normalized spacial score (nSPS) is 10.1. The number of halogens is 2. The van der Waals surface area contributed by atoms with Crippen LogP contribution in [0.15, 0.2) is 10.5 Å². The largest absolute Gasteiger partial charge is 0.483 e. The number of aryl methyl sites for hydroxylation is 1. The minimum Gasteiger partial charge on any atom is -0.483 e. The van der Waals surface area contributed by atoms with Crippen LogP contribution in [-0.4, -0.2) is 30.1 Å². The van der Waals surface area contributed by atoms with Crippen molar-refractivity contribution in [3.63, 3.8) is 0 Å². The zero-order chi connectivity index (χ0) is 14.6. The number of ether oxygens (including phenoxy) is 1. The first kappa shape index (κ1) is 15.8. The smallest absolute Gasteiger partial charge is 0.322 e. The molecular formula is C12H13BrClNO4. The van der Waals surface area contributed by atoms with Crippen LogP contribution in [0.2, 0.25) is 5.02 Å². The molecule has 0 unspecified atom stereocenters. The molecule has 0 radical (unpaired) electrons. The summed E-state index contributed by atoms with van der Waals surface area (Å²) in [5.74, 6) is -1.11. The van der Waals surface area contributed by atoms with Gasteiger partial charge in [0.2, 0.25) is 0 Å². The molecule has 0 heterocycles. The molecule has 0 fully saturated rings. The van der Waals surface area contributed by atoms with E-state index in [1.165, 1.54) is 0 Å². The molecule has 0 aromatic heterocycles. The lowest BCUT2D eigenvalue weighted by molar-refractivity contribution is -0.138. The maximum Gasteiger partial charge on any atom is 0.322 e. The van der Waals surface area contributed by atoms with Crippen molar-refractivity contribution in [2.75, 3.05) is 13.2 Å². The van der Waals surface area contributed by atoms with E-state index in [9.17, 15) is 9.59 Å². The van der Waals surface area contributed by atoms with Crippen molar-refractivity contribution in [2.24, 2.45) is 0 Å². The summed E-state index contributed by atoms with van der Waals surface area (Å²) in [6.45, 7) is 2.98. The predicted molar refractivity (Wildman–Crippen MR) is 74.8 cm³/mol. The molecule has 1 aromatic carbocycles. The molecule has 5 nitrogen and oxygen atoms in total. The molecular weight excluding hydrogens is 337 g/mol.